The van der Waals surface area contributed by atoms with Crippen LogP contribution in [0.3, 0.4) is 0 Å². The third-order valence-electron chi connectivity index (χ3n) is 3.44. The minimum absolute atomic E-state index is 0.139. The summed E-state index contributed by atoms with van der Waals surface area (Å²) in [5, 5.41) is 3.27. The first-order valence-electron chi connectivity index (χ1n) is 6.01. The molecule has 17 heavy (non-hydrogen) atoms. The average Bonchev–Trinajstić information content (AvgIpc) is 2.90. The SMILES string of the molecule is CN1C(=O)Cc2cccc(OC3CCNC3)c21. The van der Waals surface area contributed by atoms with Crippen molar-refractivity contribution in [1.82, 2.24) is 5.32 Å². The summed E-state index contributed by atoms with van der Waals surface area (Å²) < 4.78 is 5.98. The molecular formula is C13H16N2O2. The number of carbonyl (C=O) groups is 1. The Balaban J connectivity index is 1.90. The van der Waals surface area contributed by atoms with Crippen LogP contribution in [0.2, 0.25) is 0 Å². The van der Waals surface area contributed by atoms with E-state index >= 15 is 0 Å². The Morgan fingerprint density at radius 3 is 3.12 bits per heavy atom. The summed E-state index contributed by atoms with van der Waals surface area (Å²) in [7, 11) is 1.81. The average molecular weight is 232 g/mol. The molecule has 1 N–H and O–H groups in total. The van der Waals surface area contributed by atoms with Gasteiger partial charge in [-0.3, -0.25) is 4.79 Å². The summed E-state index contributed by atoms with van der Waals surface area (Å²) in [5.74, 6) is 0.977. The van der Waals surface area contributed by atoms with E-state index in [0.29, 0.717) is 6.42 Å². The predicted octanol–water partition coefficient (Wildman–Crippen LogP) is 0.946. The molecule has 1 amide bonds. The number of rotatable bonds is 2. The summed E-state index contributed by atoms with van der Waals surface area (Å²) in [5.41, 5.74) is 2.02. The number of anilines is 1. The molecule has 1 saturated heterocycles. The van der Waals surface area contributed by atoms with E-state index in [2.05, 4.69) is 5.32 Å². The van der Waals surface area contributed by atoms with E-state index in [4.69, 9.17) is 4.74 Å². The lowest BCUT2D eigenvalue weighted by Gasteiger charge is -2.19. The number of para-hydroxylation sites is 1. The first-order valence-corrected chi connectivity index (χ1v) is 6.01. The van der Waals surface area contributed by atoms with Gasteiger partial charge in [0.2, 0.25) is 5.91 Å². The van der Waals surface area contributed by atoms with Gasteiger partial charge < -0.3 is 15.0 Å². The zero-order chi connectivity index (χ0) is 11.8. The maximum absolute atomic E-state index is 11.7. The molecule has 0 radical (unpaired) electrons. The Morgan fingerprint density at radius 1 is 1.47 bits per heavy atom. The molecule has 90 valence electrons. The minimum atomic E-state index is 0.139. The van der Waals surface area contributed by atoms with Crippen LogP contribution in [-0.4, -0.2) is 32.1 Å². The van der Waals surface area contributed by atoms with Gasteiger partial charge in [-0.1, -0.05) is 12.1 Å². The van der Waals surface area contributed by atoms with Crippen LogP contribution in [0.4, 0.5) is 5.69 Å². The van der Waals surface area contributed by atoms with Crippen LogP contribution in [0.5, 0.6) is 5.75 Å². The van der Waals surface area contributed by atoms with E-state index in [9.17, 15) is 4.79 Å². The number of ether oxygens (including phenoxy) is 1. The van der Waals surface area contributed by atoms with Gasteiger partial charge in [-0.25, -0.2) is 0 Å². The van der Waals surface area contributed by atoms with E-state index in [1.165, 1.54) is 0 Å². The number of hydrogen-bond donors (Lipinski definition) is 1. The van der Waals surface area contributed by atoms with Gasteiger partial charge in [0.25, 0.3) is 0 Å². The fourth-order valence-corrected chi connectivity index (χ4v) is 2.50. The highest BCUT2D eigenvalue weighted by atomic mass is 16.5. The van der Waals surface area contributed by atoms with Crippen LogP contribution in [0.1, 0.15) is 12.0 Å². The van der Waals surface area contributed by atoms with Crippen molar-refractivity contribution < 1.29 is 9.53 Å². The van der Waals surface area contributed by atoms with Gasteiger partial charge in [-0.15, -0.1) is 0 Å². The second kappa shape index (κ2) is 4.04. The van der Waals surface area contributed by atoms with Crippen LogP contribution < -0.4 is 15.0 Å². The molecule has 1 fully saturated rings. The molecule has 0 aliphatic carbocycles. The minimum Gasteiger partial charge on any atom is -0.487 e. The molecule has 2 heterocycles. The van der Waals surface area contributed by atoms with E-state index in [0.717, 1.165) is 36.5 Å². The Kier molecular flexibility index (Phi) is 2.52. The Bertz CT molecular complexity index is 453. The molecular weight excluding hydrogens is 216 g/mol. The summed E-state index contributed by atoms with van der Waals surface area (Å²) in [6, 6.07) is 5.91. The number of likely N-dealkylation sites (N-methyl/N-ethyl adjacent to an activating group) is 1. The maximum Gasteiger partial charge on any atom is 0.231 e. The van der Waals surface area contributed by atoms with Gasteiger partial charge >= 0.3 is 0 Å². The molecule has 1 aromatic carbocycles. The van der Waals surface area contributed by atoms with E-state index in [1.54, 1.807) is 4.90 Å². The smallest absolute Gasteiger partial charge is 0.231 e. The van der Waals surface area contributed by atoms with Gasteiger partial charge in [-0.2, -0.15) is 0 Å². The lowest BCUT2D eigenvalue weighted by atomic mass is 10.1. The fraction of sp³-hybridized carbons (Fsp3) is 0.462. The Labute approximate surface area is 101 Å². The Morgan fingerprint density at radius 2 is 2.35 bits per heavy atom. The van der Waals surface area contributed by atoms with Crippen molar-refractivity contribution in [3.05, 3.63) is 23.8 Å². The number of hydrogen-bond acceptors (Lipinski definition) is 3. The highest BCUT2D eigenvalue weighted by Crippen LogP contribution is 2.37. The molecule has 0 spiro atoms. The topological polar surface area (TPSA) is 41.6 Å². The molecule has 1 unspecified atom stereocenters. The van der Waals surface area contributed by atoms with Crippen molar-refractivity contribution in [1.29, 1.82) is 0 Å². The molecule has 0 saturated carbocycles. The quantitative estimate of drug-likeness (QED) is 0.825. The highest BCUT2D eigenvalue weighted by Gasteiger charge is 2.28. The largest absolute Gasteiger partial charge is 0.487 e. The number of benzene rings is 1. The van der Waals surface area contributed by atoms with E-state index < -0.39 is 0 Å². The highest BCUT2D eigenvalue weighted by molar-refractivity contribution is 6.02. The van der Waals surface area contributed by atoms with Crippen molar-refractivity contribution in [3.63, 3.8) is 0 Å². The van der Waals surface area contributed by atoms with Gasteiger partial charge in [0.1, 0.15) is 11.9 Å². The number of nitrogens with zero attached hydrogens (tertiary/aromatic N) is 1. The predicted molar refractivity (Wildman–Crippen MR) is 65.5 cm³/mol. The molecule has 0 aromatic heterocycles. The van der Waals surface area contributed by atoms with Crippen LogP contribution in [0.25, 0.3) is 0 Å². The molecule has 2 aliphatic heterocycles. The van der Waals surface area contributed by atoms with Crippen LogP contribution in [0, 0.1) is 0 Å². The number of amides is 1. The second-order valence-corrected chi connectivity index (χ2v) is 4.63. The fourth-order valence-electron chi connectivity index (χ4n) is 2.50. The Hall–Kier alpha value is -1.55. The van der Waals surface area contributed by atoms with Crippen LogP contribution in [-0.2, 0) is 11.2 Å². The summed E-state index contributed by atoms with van der Waals surface area (Å²) in [4.78, 5) is 13.4. The molecule has 2 aliphatic rings. The zero-order valence-electron chi connectivity index (χ0n) is 9.90. The van der Waals surface area contributed by atoms with E-state index in [1.807, 2.05) is 25.2 Å². The first-order chi connectivity index (χ1) is 8.25. The van der Waals surface area contributed by atoms with Crippen LogP contribution in [0.15, 0.2) is 18.2 Å². The third-order valence-corrected chi connectivity index (χ3v) is 3.44. The van der Waals surface area contributed by atoms with Crippen molar-refractivity contribution in [2.75, 3.05) is 25.0 Å². The summed E-state index contributed by atoms with van der Waals surface area (Å²) in [6.07, 6.45) is 1.75. The summed E-state index contributed by atoms with van der Waals surface area (Å²) in [6.45, 7) is 1.90. The van der Waals surface area contributed by atoms with Crippen molar-refractivity contribution in [3.8, 4) is 5.75 Å². The van der Waals surface area contributed by atoms with Crippen LogP contribution >= 0.6 is 0 Å². The van der Waals surface area contributed by atoms with Crippen molar-refractivity contribution in [2.24, 2.45) is 0 Å². The number of nitrogens with one attached hydrogen (secondary N) is 1. The number of carbonyl (C=O) groups excluding carboxylic acids is 1. The molecule has 1 aromatic rings. The zero-order valence-corrected chi connectivity index (χ0v) is 9.90. The lowest BCUT2D eigenvalue weighted by Crippen LogP contribution is -2.23. The number of fused-ring (bicyclic) bond motifs is 1. The second-order valence-electron chi connectivity index (χ2n) is 4.63. The van der Waals surface area contributed by atoms with Gasteiger partial charge in [0.15, 0.2) is 0 Å². The molecule has 0 bridgehead atoms. The monoisotopic (exact) mass is 232 g/mol. The molecule has 4 nitrogen and oxygen atoms in total. The lowest BCUT2D eigenvalue weighted by molar-refractivity contribution is -0.117. The van der Waals surface area contributed by atoms with Gasteiger partial charge in [-0.05, 0) is 24.6 Å². The van der Waals surface area contributed by atoms with E-state index in [-0.39, 0.29) is 12.0 Å². The van der Waals surface area contributed by atoms with Crippen molar-refractivity contribution in [2.45, 2.75) is 18.9 Å². The normalized spacial score (nSPS) is 23.0. The summed E-state index contributed by atoms with van der Waals surface area (Å²) >= 11 is 0. The third kappa shape index (κ3) is 1.78. The first kappa shape index (κ1) is 10.6. The molecule has 1 atom stereocenters. The standard InChI is InChI=1S/C13H16N2O2/c1-15-12(16)7-9-3-2-4-11(13(9)15)17-10-5-6-14-8-10/h2-4,10,14H,5-8H2,1H3. The van der Waals surface area contributed by atoms with Crippen molar-refractivity contribution >= 4 is 11.6 Å². The molecule has 3 rings (SSSR count). The maximum atomic E-state index is 11.7. The van der Waals surface area contributed by atoms with Gasteiger partial charge in [0, 0.05) is 13.6 Å². The molecule has 4 heteroatoms. The van der Waals surface area contributed by atoms with Gasteiger partial charge in [0.05, 0.1) is 12.1 Å².